The van der Waals surface area contributed by atoms with Gasteiger partial charge in [0.25, 0.3) is 0 Å². The largest absolute Gasteiger partial charge is 0.507 e. The van der Waals surface area contributed by atoms with Crippen LogP contribution in [0.15, 0.2) is 128 Å². The van der Waals surface area contributed by atoms with Crippen molar-refractivity contribution in [1.82, 2.24) is 15.2 Å². The number of fused-ring (bicyclic) bond motifs is 1. The Balaban J connectivity index is 0.000000350. The number of nitrogens with zero attached hydrogens (tertiary/aromatic N) is 2. The molecule has 0 aliphatic carbocycles. The first kappa shape index (κ1) is 93.7. The van der Waals surface area contributed by atoms with Gasteiger partial charge in [-0.3, -0.25) is 14.4 Å². The molecule has 0 saturated carbocycles. The first-order valence-corrected chi connectivity index (χ1v) is 39.0. The minimum absolute atomic E-state index is 0.0103. The highest BCUT2D eigenvalue weighted by Gasteiger charge is 2.22. The summed E-state index contributed by atoms with van der Waals surface area (Å²) in [5.74, 6) is 5.34. The fraction of sp³-hybridized carbons (Fsp3) is 0.473. The monoisotopic (exact) mass is 1500 g/mol. The molecule has 0 fully saturated rings. The van der Waals surface area contributed by atoms with E-state index in [0.29, 0.717) is 110 Å². The molecule has 5 N–H and O–H groups in total. The summed E-state index contributed by atoms with van der Waals surface area (Å²) >= 11 is 0. The van der Waals surface area contributed by atoms with E-state index >= 15 is 0 Å². The number of rotatable bonds is 33. The average Bonchev–Trinajstić information content (AvgIpc) is 0.862. The van der Waals surface area contributed by atoms with Crippen molar-refractivity contribution in [3.63, 3.8) is 0 Å². The zero-order chi connectivity index (χ0) is 81.1. The maximum absolute atomic E-state index is 12.7. The molecule has 0 bridgehead atoms. The van der Waals surface area contributed by atoms with Crippen LogP contribution in [-0.2, 0) is 40.4 Å². The normalized spacial score (nSPS) is 11.3. The number of aromatic hydroxyl groups is 1. The van der Waals surface area contributed by atoms with E-state index in [4.69, 9.17) is 33.5 Å². The number of aliphatic hydroxyl groups excluding tert-OH is 1. The molecule has 109 heavy (non-hydrogen) atoms. The predicted molar refractivity (Wildman–Crippen MR) is 442 cm³/mol. The third-order valence-corrected chi connectivity index (χ3v) is 17.2. The second-order valence-electron chi connectivity index (χ2n) is 28.5. The van der Waals surface area contributed by atoms with Crippen LogP contribution in [0, 0.1) is 0 Å². The van der Waals surface area contributed by atoms with Crippen molar-refractivity contribution in [1.29, 1.82) is 0 Å². The maximum atomic E-state index is 12.7. The molecule has 6 aromatic carbocycles. The second-order valence-corrected chi connectivity index (χ2v) is 28.5. The topological polar surface area (TPSA) is 242 Å². The van der Waals surface area contributed by atoms with Gasteiger partial charge in [-0.1, -0.05) is 216 Å². The molecule has 0 unspecified atom stereocenters. The van der Waals surface area contributed by atoms with E-state index in [0.717, 1.165) is 120 Å². The lowest BCUT2D eigenvalue weighted by Gasteiger charge is -2.21. The first-order chi connectivity index (χ1) is 52.1. The molecule has 2 heterocycles. The van der Waals surface area contributed by atoms with Crippen LogP contribution in [0.25, 0.3) is 6.08 Å². The average molecular weight is 1500 g/mol. The summed E-state index contributed by atoms with van der Waals surface area (Å²) in [6.07, 6.45) is 12.6. The molecule has 1 aliphatic heterocycles. The van der Waals surface area contributed by atoms with Gasteiger partial charge >= 0.3 is 11.9 Å². The van der Waals surface area contributed by atoms with E-state index in [9.17, 15) is 34.2 Å². The lowest BCUT2D eigenvalue weighted by molar-refractivity contribution is -0.125. The van der Waals surface area contributed by atoms with Gasteiger partial charge < -0.3 is 59.3 Å². The summed E-state index contributed by atoms with van der Waals surface area (Å²) in [6.45, 7) is 42.8. The van der Waals surface area contributed by atoms with Crippen LogP contribution in [0.1, 0.15) is 297 Å². The number of aliphatic hydroxyl groups is 1. The number of nitrogens with one attached hydrogen (secondary N) is 2. The van der Waals surface area contributed by atoms with Crippen molar-refractivity contribution in [3.8, 4) is 34.5 Å². The molecule has 18 nitrogen and oxygen atoms in total. The van der Waals surface area contributed by atoms with Crippen LogP contribution in [0.3, 0.4) is 0 Å². The van der Waals surface area contributed by atoms with E-state index in [2.05, 4.69) is 143 Å². The number of ether oxygens (including phenoxy) is 6. The van der Waals surface area contributed by atoms with Crippen molar-refractivity contribution in [3.05, 3.63) is 205 Å². The van der Waals surface area contributed by atoms with Gasteiger partial charge in [-0.15, -0.1) is 0 Å². The Morgan fingerprint density at radius 1 is 0.532 bits per heavy atom. The SMILES string of the molecule is CC(C)c1cccc(C(=O)O)c1O.CCCOC(=O)c1cccc(C(C)C)c1OCCC.CCCOc1c(C=O)cccc1C(C)C.CCCOc1c(CN(C)C(=O)/C=C/c2cnc3c(c2)CCC(=O)N3)cccc1C(C)C.CCCOc1c(CNC)cccc1C(C)C.CCCOc1c(CO)cccc1C(C)C. The number of esters is 1. The van der Waals surface area contributed by atoms with Gasteiger partial charge in [-0.25, -0.2) is 14.6 Å². The van der Waals surface area contributed by atoms with Crippen LogP contribution in [0.2, 0.25) is 0 Å². The van der Waals surface area contributed by atoms with Crippen molar-refractivity contribution < 1.29 is 67.7 Å². The number of aryl methyl sites for hydroxylation is 1. The molecular formula is C91H128N4O14. The minimum Gasteiger partial charge on any atom is -0.507 e. The van der Waals surface area contributed by atoms with Gasteiger partial charge in [0, 0.05) is 55.5 Å². The van der Waals surface area contributed by atoms with Crippen LogP contribution >= 0.6 is 0 Å². The Labute approximate surface area is 651 Å². The number of aromatic carboxylic acids is 1. The number of amides is 2. The number of carboxylic acids is 1. The Morgan fingerprint density at radius 3 is 1.39 bits per heavy atom. The van der Waals surface area contributed by atoms with Crippen LogP contribution in [0.5, 0.6) is 34.5 Å². The summed E-state index contributed by atoms with van der Waals surface area (Å²) in [5.41, 5.74) is 12.6. The van der Waals surface area contributed by atoms with Gasteiger partial charge in [0.05, 0.1) is 51.8 Å². The number of para-hydroxylation sites is 6. The Hall–Kier alpha value is -9.52. The first-order valence-electron chi connectivity index (χ1n) is 39.0. The van der Waals surface area contributed by atoms with Gasteiger partial charge in [-0.2, -0.15) is 0 Å². The van der Waals surface area contributed by atoms with Crippen molar-refractivity contribution in [2.75, 3.05) is 59.1 Å². The fourth-order valence-electron chi connectivity index (χ4n) is 11.4. The van der Waals surface area contributed by atoms with E-state index in [1.807, 2.05) is 89.3 Å². The molecule has 18 heteroatoms. The molecular weight excluding hydrogens is 1370 g/mol. The third-order valence-electron chi connectivity index (χ3n) is 17.2. The van der Waals surface area contributed by atoms with Crippen LogP contribution < -0.4 is 34.3 Å². The number of benzene rings is 6. The number of hydrogen-bond acceptors (Lipinski definition) is 15. The molecule has 1 aromatic heterocycles. The highest BCUT2D eigenvalue weighted by molar-refractivity contribution is 5.95. The van der Waals surface area contributed by atoms with Gasteiger partial charge in [0.15, 0.2) is 6.29 Å². The Kier molecular flexibility index (Phi) is 43.8. The number of anilines is 1. The molecule has 1 aliphatic rings. The number of pyridine rings is 1. The van der Waals surface area contributed by atoms with Crippen LogP contribution in [0.4, 0.5) is 5.82 Å². The summed E-state index contributed by atoms with van der Waals surface area (Å²) < 4.78 is 34.3. The van der Waals surface area contributed by atoms with E-state index < -0.39 is 5.97 Å². The predicted octanol–water partition coefficient (Wildman–Crippen LogP) is 20.8. The lowest BCUT2D eigenvalue weighted by Crippen LogP contribution is -2.24. The smallest absolute Gasteiger partial charge is 0.341 e. The number of aldehydes is 1. The zero-order valence-electron chi connectivity index (χ0n) is 69.0. The quantitative estimate of drug-likeness (QED) is 0.0146. The van der Waals surface area contributed by atoms with Crippen molar-refractivity contribution in [2.45, 2.75) is 231 Å². The second kappa shape index (κ2) is 51.0. The molecule has 7 aromatic rings. The fourth-order valence-corrected chi connectivity index (χ4v) is 11.4. The highest BCUT2D eigenvalue weighted by atomic mass is 16.5. The molecule has 0 saturated heterocycles. The highest BCUT2D eigenvalue weighted by Crippen LogP contribution is 2.36. The zero-order valence-corrected chi connectivity index (χ0v) is 69.0. The molecule has 0 atom stereocenters. The van der Waals surface area contributed by atoms with E-state index in [1.165, 1.54) is 22.8 Å². The maximum Gasteiger partial charge on any atom is 0.341 e. The Morgan fingerprint density at radius 2 is 0.936 bits per heavy atom. The molecule has 596 valence electrons. The number of carbonyl (C=O) groups is 5. The molecule has 0 radical (unpaired) electrons. The third kappa shape index (κ3) is 30.8. The summed E-state index contributed by atoms with van der Waals surface area (Å²) in [4.78, 5) is 63.7. The summed E-state index contributed by atoms with van der Waals surface area (Å²) in [6, 6.07) is 36.6. The summed E-state index contributed by atoms with van der Waals surface area (Å²) in [7, 11) is 3.75. The van der Waals surface area contributed by atoms with Gasteiger partial charge in [-0.05, 0) is 162 Å². The number of hydrogen-bond donors (Lipinski definition) is 5. The van der Waals surface area contributed by atoms with Crippen molar-refractivity contribution >= 4 is 41.9 Å². The standard InChI is InChI=1S/C25H31N3O3.C16H24O3.C14H23NO.C13H20O2.C13H18O2.C10H12O3/c1-5-13-31-24-20(7-6-8-21(24)17(2)3)16-28(4)23(30)12-9-18-14-19-10-11-22(29)27-25(19)26-15-18;1-5-10-18-15-13(12(3)4)8-7-9-14(15)16(17)19-11-6-2;1-5-9-16-14-12(10-15-4)7-6-8-13(14)11(2)3;2*1-4-8-15-13-11(9-14)6-5-7-12(13)10(2)3;1-6(2)7-4-3-5-8(9(7)11)10(12)13/h6-9,12,14-15,17H,5,10-11,13,16H2,1-4H3,(H,26,27,29);7-9,12H,5-6,10-11H2,1-4H3;6-8,11,15H,5,9-10H2,1-4H3;5-7,10,14H,4,8-9H2,1-3H3;5-7,9-10H,4,8H2,1-3H3;3-6,11H,1-2H3,(H,12,13)/b12-9+;;;;;. The molecule has 2 amide bonds. The summed E-state index contributed by atoms with van der Waals surface area (Å²) in [5, 5.41) is 33.5. The number of likely N-dealkylation sites (N-methyl/N-ethyl adjacent to an activating group) is 1. The van der Waals surface area contributed by atoms with Gasteiger partial charge in [0.2, 0.25) is 11.8 Å². The number of carboxylic acid groups (broad SMARTS) is 1. The number of carbonyl (C=O) groups excluding carboxylic acids is 4. The molecule has 0 spiro atoms. The minimum atomic E-state index is -1.10. The van der Waals surface area contributed by atoms with E-state index in [-0.39, 0.29) is 41.6 Å². The number of aromatic nitrogens is 1. The Bertz CT molecular complexity index is 3930. The number of phenols is 1. The van der Waals surface area contributed by atoms with Gasteiger partial charge in [0.1, 0.15) is 51.4 Å². The van der Waals surface area contributed by atoms with Crippen LogP contribution in [-0.4, -0.2) is 109 Å². The van der Waals surface area contributed by atoms with E-state index in [1.54, 1.807) is 54.6 Å². The lowest BCUT2D eigenvalue weighted by atomic mass is 9.98. The van der Waals surface area contributed by atoms with Crippen molar-refractivity contribution in [2.24, 2.45) is 0 Å². The molecule has 8 rings (SSSR count).